The minimum Gasteiger partial charge on any atom is -0.447 e. The molecule has 0 unspecified atom stereocenters. The summed E-state index contributed by atoms with van der Waals surface area (Å²) in [5.74, 6) is -0.774. The summed E-state index contributed by atoms with van der Waals surface area (Å²) in [7, 11) is 0. The fraction of sp³-hybridized carbons (Fsp3) is 0.231. The maximum absolute atomic E-state index is 13.1. The van der Waals surface area contributed by atoms with Crippen molar-refractivity contribution in [3.05, 3.63) is 101 Å². The van der Waals surface area contributed by atoms with Crippen molar-refractivity contribution >= 4 is 17.6 Å². The summed E-state index contributed by atoms with van der Waals surface area (Å²) in [6, 6.07) is 24.8. The third-order valence-electron chi connectivity index (χ3n) is 5.08. The van der Waals surface area contributed by atoms with E-state index in [0.29, 0.717) is 5.56 Å². The first kappa shape index (κ1) is 21.3. The van der Waals surface area contributed by atoms with E-state index in [1.807, 2.05) is 87.5 Å². The first-order valence-corrected chi connectivity index (χ1v) is 10.1. The van der Waals surface area contributed by atoms with Crippen molar-refractivity contribution in [2.45, 2.75) is 39.2 Å². The van der Waals surface area contributed by atoms with Crippen LogP contribution in [0.2, 0.25) is 0 Å². The topological polar surface area (TPSA) is 55.4 Å². The SMILES string of the molecule is Cc1ccc(C)c(NC(=O)[C@H](OC(=O)C[C@@H](C)c2ccccc2)c2ccccc2)c1. The molecule has 0 radical (unpaired) electrons. The number of aryl methyl sites for hydroxylation is 2. The highest BCUT2D eigenvalue weighted by atomic mass is 16.5. The number of amides is 1. The van der Waals surface area contributed by atoms with Crippen LogP contribution in [0, 0.1) is 13.8 Å². The highest BCUT2D eigenvalue weighted by Gasteiger charge is 2.26. The largest absolute Gasteiger partial charge is 0.447 e. The number of benzene rings is 3. The molecule has 4 nitrogen and oxygen atoms in total. The van der Waals surface area contributed by atoms with Gasteiger partial charge in [-0.3, -0.25) is 9.59 Å². The number of carbonyl (C=O) groups is 2. The summed E-state index contributed by atoms with van der Waals surface area (Å²) in [4.78, 5) is 25.8. The quantitative estimate of drug-likeness (QED) is 0.515. The maximum Gasteiger partial charge on any atom is 0.307 e. The summed E-state index contributed by atoms with van der Waals surface area (Å²) >= 11 is 0. The zero-order valence-corrected chi connectivity index (χ0v) is 17.6. The summed E-state index contributed by atoms with van der Waals surface area (Å²) in [6.07, 6.45) is -0.814. The molecule has 3 aromatic rings. The van der Waals surface area contributed by atoms with Gasteiger partial charge in [-0.2, -0.15) is 0 Å². The van der Waals surface area contributed by atoms with E-state index < -0.39 is 12.1 Å². The van der Waals surface area contributed by atoms with Crippen LogP contribution in [-0.4, -0.2) is 11.9 Å². The molecule has 0 aliphatic heterocycles. The Labute approximate surface area is 177 Å². The number of rotatable bonds is 7. The molecule has 0 heterocycles. The van der Waals surface area contributed by atoms with Crippen molar-refractivity contribution in [2.24, 2.45) is 0 Å². The molecule has 0 bridgehead atoms. The van der Waals surface area contributed by atoms with Gasteiger partial charge in [0.15, 0.2) is 0 Å². The maximum atomic E-state index is 13.1. The van der Waals surface area contributed by atoms with Crippen LogP contribution in [0.3, 0.4) is 0 Å². The number of hydrogen-bond donors (Lipinski definition) is 1. The zero-order chi connectivity index (χ0) is 21.5. The van der Waals surface area contributed by atoms with Crippen molar-refractivity contribution in [1.82, 2.24) is 0 Å². The van der Waals surface area contributed by atoms with Crippen LogP contribution in [-0.2, 0) is 14.3 Å². The molecule has 3 rings (SSSR count). The van der Waals surface area contributed by atoms with E-state index >= 15 is 0 Å². The van der Waals surface area contributed by atoms with Gasteiger partial charge in [-0.05, 0) is 42.5 Å². The molecule has 30 heavy (non-hydrogen) atoms. The zero-order valence-electron chi connectivity index (χ0n) is 17.6. The second kappa shape index (κ2) is 9.88. The molecule has 154 valence electrons. The number of esters is 1. The highest BCUT2D eigenvalue weighted by molar-refractivity contribution is 5.96. The first-order valence-electron chi connectivity index (χ1n) is 10.1. The third kappa shape index (κ3) is 5.57. The van der Waals surface area contributed by atoms with Gasteiger partial charge in [0.05, 0.1) is 6.42 Å². The van der Waals surface area contributed by atoms with Crippen LogP contribution < -0.4 is 5.32 Å². The first-order chi connectivity index (χ1) is 14.4. The van der Waals surface area contributed by atoms with Crippen molar-refractivity contribution < 1.29 is 14.3 Å². The Balaban J connectivity index is 1.76. The van der Waals surface area contributed by atoms with Gasteiger partial charge in [0.1, 0.15) is 0 Å². The minimum atomic E-state index is -1.01. The second-order valence-corrected chi connectivity index (χ2v) is 7.60. The molecule has 1 N–H and O–H groups in total. The van der Waals surface area contributed by atoms with Gasteiger partial charge in [0, 0.05) is 11.3 Å². The summed E-state index contributed by atoms with van der Waals surface area (Å²) in [5, 5.41) is 2.92. The van der Waals surface area contributed by atoms with Crippen molar-refractivity contribution in [2.75, 3.05) is 5.32 Å². The molecule has 4 heteroatoms. The lowest BCUT2D eigenvalue weighted by Gasteiger charge is -2.20. The van der Waals surface area contributed by atoms with Crippen LogP contribution >= 0.6 is 0 Å². The van der Waals surface area contributed by atoms with Crippen LogP contribution in [0.1, 0.15) is 47.6 Å². The lowest BCUT2D eigenvalue weighted by Crippen LogP contribution is -2.26. The van der Waals surface area contributed by atoms with E-state index in [-0.39, 0.29) is 18.2 Å². The summed E-state index contributed by atoms with van der Waals surface area (Å²) < 4.78 is 5.68. The van der Waals surface area contributed by atoms with Crippen LogP contribution in [0.5, 0.6) is 0 Å². The Morgan fingerprint density at radius 2 is 1.47 bits per heavy atom. The molecule has 0 aliphatic carbocycles. The van der Waals surface area contributed by atoms with Gasteiger partial charge >= 0.3 is 5.97 Å². The average Bonchev–Trinajstić information content (AvgIpc) is 2.75. The predicted octanol–water partition coefficient (Wildman–Crippen LogP) is 5.72. The van der Waals surface area contributed by atoms with Gasteiger partial charge < -0.3 is 10.1 Å². The van der Waals surface area contributed by atoms with E-state index in [0.717, 1.165) is 22.4 Å². The predicted molar refractivity (Wildman–Crippen MR) is 119 cm³/mol. The molecule has 2 atom stereocenters. The highest BCUT2D eigenvalue weighted by Crippen LogP contribution is 2.25. The standard InChI is InChI=1S/C26H27NO3/c1-18-14-15-19(2)23(16-18)27-26(29)25(22-12-8-5-9-13-22)30-24(28)17-20(3)21-10-6-4-7-11-21/h4-16,20,25H,17H2,1-3H3,(H,27,29)/t20-,25-/m1/s1. The van der Waals surface area contributed by atoms with Gasteiger partial charge in [-0.25, -0.2) is 0 Å². The Bertz CT molecular complexity index is 999. The molecule has 3 aromatic carbocycles. The Kier molecular flexibility index (Phi) is 7.02. The lowest BCUT2D eigenvalue weighted by molar-refractivity contribution is -0.155. The Morgan fingerprint density at radius 3 is 2.10 bits per heavy atom. The molecule has 0 spiro atoms. The number of nitrogens with one attached hydrogen (secondary N) is 1. The number of anilines is 1. The second-order valence-electron chi connectivity index (χ2n) is 7.60. The van der Waals surface area contributed by atoms with Gasteiger partial charge in [-0.15, -0.1) is 0 Å². The van der Waals surface area contributed by atoms with Crippen LogP contribution in [0.4, 0.5) is 5.69 Å². The summed E-state index contributed by atoms with van der Waals surface area (Å²) in [5.41, 5.74) is 4.41. The fourth-order valence-electron chi connectivity index (χ4n) is 3.30. The number of ether oxygens (including phenoxy) is 1. The molecule has 0 fully saturated rings. The molecular formula is C26H27NO3. The van der Waals surface area contributed by atoms with E-state index in [2.05, 4.69) is 5.32 Å². The van der Waals surface area contributed by atoms with Crippen LogP contribution in [0.25, 0.3) is 0 Å². The van der Waals surface area contributed by atoms with Gasteiger partial charge in [0.25, 0.3) is 5.91 Å². The summed E-state index contributed by atoms with van der Waals surface area (Å²) in [6.45, 7) is 5.87. The molecule has 0 aliphatic rings. The third-order valence-corrected chi connectivity index (χ3v) is 5.08. The smallest absolute Gasteiger partial charge is 0.307 e. The van der Waals surface area contributed by atoms with E-state index in [4.69, 9.17) is 4.74 Å². The van der Waals surface area contributed by atoms with E-state index in [1.165, 1.54) is 0 Å². The van der Waals surface area contributed by atoms with E-state index in [1.54, 1.807) is 12.1 Å². The molecular weight excluding hydrogens is 374 g/mol. The Hall–Kier alpha value is -3.40. The fourth-order valence-corrected chi connectivity index (χ4v) is 3.30. The minimum absolute atomic E-state index is 0.00259. The van der Waals surface area contributed by atoms with Crippen LogP contribution in [0.15, 0.2) is 78.9 Å². The van der Waals surface area contributed by atoms with Gasteiger partial charge in [0.2, 0.25) is 6.10 Å². The number of carbonyl (C=O) groups excluding carboxylic acids is 2. The Morgan fingerprint density at radius 1 is 0.867 bits per heavy atom. The van der Waals surface area contributed by atoms with Crippen molar-refractivity contribution in [3.8, 4) is 0 Å². The average molecular weight is 402 g/mol. The van der Waals surface area contributed by atoms with E-state index in [9.17, 15) is 9.59 Å². The normalized spacial score (nSPS) is 12.6. The van der Waals surface area contributed by atoms with Gasteiger partial charge in [-0.1, -0.05) is 79.7 Å². The molecule has 0 saturated carbocycles. The molecule has 0 aromatic heterocycles. The van der Waals surface area contributed by atoms with Crippen molar-refractivity contribution in [1.29, 1.82) is 0 Å². The molecule has 0 saturated heterocycles. The lowest BCUT2D eigenvalue weighted by atomic mass is 9.98. The number of hydrogen-bond acceptors (Lipinski definition) is 3. The monoisotopic (exact) mass is 401 g/mol. The molecule has 1 amide bonds. The van der Waals surface area contributed by atoms with Crippen molar-refractivity contribution in [3.63, 3.8) is 0 Å².